The quantitative estimate of drug-likeness (QED) is 0.380. The van der Waals surface area contributed by atoms with Gasteiger partial charge in [0.1, 0.15) is 30.2 Å². The van der Waals surface area contributed by atoms with Crippen LogP contribution in [0.4, 0.5) is 5.82 Å². The molecule has 0 saturated carbocycles. The lowest BCUT2D eigenvalue weighted by Crippen LogP contribution is -2.33. The number of nitrogens with one attached hydrogen (secondary N) is 1. The molecule has 2 aliphatic rings. The molecule has 1 aliphatic heterocycles. The van der Waals surface area contributed by atoms with Gasteiger partial charge in [-0.1, -0.05) is 24.3 Å². The molecule has 158 valence electrons. The summed E-state index contributed by atoms with van der Waals surface area (Å²) in [7, 11) is 0. The maximum absolute atomic E-state index is 11.1. The van der Waals surface area contributed by atoms with Gasteiger partial charge in [0.25, 0.3) is 0 Å². The fourth-order valence-electron chi connectivity index (χ4n) is 4.36. The first-order valence-electron chi connectivity index (χ1n) is 9.86. The van der Waals surface area contributed by atoms with Crippen LogP contribution in [-0.2, 0) is 16.8 Å². The Morgan fingerprint density at radius 1 is 1.17 bits per heavy atom. The van der Waals surface area contributed by atoms with Crippen molar-refractivity contribution in [3.05, 3.63) is 48.0 Å². The molecule has 3 aromatic rings. The molecule has 10 heteroatoms. The van der Waals surface area contributed by atoms with Gasteiger partial charge in [-0.2, -0.15) is 0 Å². The van der Waals surface area contributed by atoms with Gasteiger partial charge < -0.3 is 30.5 Å². The molecule has 1 aliphatic carbocycles. The zero-order chi connectivity index (χ0) is 20.9. The summed E-state index contributed by atoms with van der Waals surface area (Å²) in [6.45, 7) is -0.153. The fraction of sp³-hybridized carbons (Fsp3) is 0.450. The van der Waals surface area contributed by atoms with E-state index in [0.29, 0.717) is 23.4 Å². The molecule has 5 N–H and O–H groups in total. The Hall–Kier alpha value is -2.63. The number of rotatable bonds is 5. The van der Waals surface area contributed by atoms with Crippen LogP contribution in [0, 0.1) is 0 Å². The second kappa shape index (κ2) is 7.25. The van der Waals surface area contributed by atoms with Crippen LogP contribution in [0.2, 0.25) is 0 Å². The lowest BCUT2D eigenvalue weighted by molar-refractivity contribution is -0.0511. The predicted molar refractivity (Wildman–Crippen MR) is 105 cm³/mol. The van der Waals surface area contributed by atoms with Gasteiger partial charge in [0.05, 0.1) is 12.9 Å². The second-order valence-corrected chi connectivity index (χ2v) is 7.82. The number of ether oxygens (including phenoxy) is 1. The molecule has 0 bridgehead atoms. The topological polar surface area (TPSA) is 146 Å². The lowest BCUT2D eigenvalue weighted by atomic mass is 9.96. The minimum Gasteiger partial charge on any atom is -0.394 e. The summed E-state index contributed by atoms with van der Waals surface area (Å²) in [5, 5.41) is 44.0. The number of imidazole rings is 1. The molecular formula is C20H23N5O5. The van der Waals surface area contributed by atoms with E-state index in [1.807, 2.05) is 24.3 Å². The zero-order valence-corrected chi connectivity index (χ0v) is 16.1. The summed E-state index contributed by atoms with van der Waals surface area (Å²) in [5.41, 5.74) is 1.91. The number of aryl methyl sites for hydroxylation is 1. The van der Waals surface area contributed by atoms with Crippen LogP contribution in [0.1, 0.15) is 23.8 Å². The molecule has 3 heterocycles. The van der Waals surface area contributed by atoms with Gasteiger partial charge in [-0.15, -0.1) is 0 Å². The van der Waals surface area contributed by atoms with E-state index in [1.165, 1.54) is 17.2 Å². The number of anilines is 1. The molecule has 1 aromatic carbocycles. The number of nitrogens with zero attached hydrogens (tertiary/aromatic N) is 4. The van der Waals surface area contributed by atoms with Crippen LogP contribution in [0.5, 0.6) is 0 Å². The highest BCUT2D eigenvalue weighted by atomic mass is 16.6. The van der Waals surface area contributed by atoms with Crippen molar-refractivity contribution in [1.29, 1.82) is 0 Å². The first-order valence-corrected chi connectivity index (χ1v) is 9.86. The summed E-state index contributed by atoms with van der Waals surface area (Å²) in [6, 6.07) is 7.85. The Morgan fingerprint density at radius 2 is 2.00 bits per heavy atom. The van der Waals surface area contributed by atoms with Gasteiger partial charge in [0.2, 0.25) is 0 Å². The van der Waals surface area contributed by atoms with Crippen LogP contribution in [0.15, 0.2) is 36.9 Å². The average Bonchev–Trinajstić information content (AvgIpc) is 3.42. The number of hydrogen-bond donors (Lipinski definition) is 5. The summed E-state index contributed by atoms with van der Waals surface area (Å²) >= 11 is 0. The third-order valence-corrected chi connectivity index (χ3v) is 6.02. The highest BCUT2D eigenvalue weighted by molar-refractivity contribution is 5.82. The third-order valence-electron chi connectivity index (χ3n) is 6.02. The van der Waals surface area contributed by atoms with E-state index in [-0.39, 0.29) is 6.54 Å². The van der Waals surface area contributed by atoms with Crippen molar-refractivity contribution in [2.45, 2.75) is 43.0 Å². The molecule has 5 unspecified atom stereocenters. The first kappa shape index (κ1) is 19.3. The Morgan fingerprint density at radius 3 is 2.80 bits per heavy atom. The molecule has 5 rings (SSSR count). The van der Waals surface area contributed by atoms with Crippen molar-refractivity contribution >= 4 is 17.0 Å². The molecule has 1 fully saturated rings. The van der Waals surface area contributed by atoms with E-state index in [4.69, 9.17) is 4.74 Å². The summed E-state index contributed by atoms with van der Waals surface area (Å²) in [5.74, 6) is 0.447. The Bertz CT molecular complexity index is 1070. The number of aliphatic hydroxyl groups is 4. The van der Waals surface area contributed by atoms with Gasteiger partial charge in [0.15, 0.2) is 23.2 Å². The fourth-order valence-corrected chi connectivity index (χ4v) is 4.36. The van der Waals surface area contributed by atoms with Crippen molar-refractivity contribution in [3.8, 4) is 0 Å². The summed E-state index contributed by atoms with van der Waals surface area (Å²) in [4.78, 5) is 12.8. The predicted octanol–water partition coefficient (Wildman–Crippen LogP) is -0.316. The maximum atomic E-state index is 11.1. The molecular weight excluding hydrogens is 390 g/mol. The zero-order valence-electron chi connectivity index (χ0n) is 16.1. The largest absolute Gasteiger partial charge is 0.394 e. The number of aromatic nitrogens is 4. The molecule has 30 heavy (non-hydrogen) atoms. The van der Waals surface area contributed by atoms with Crippen LogP contribution >= 0.6 is 0 Å². The lowest BCUT2D eigenvalue weighted by Gasteiger charge is -2.24. The Labute approximate surface area is 171 Å². The molecule has 10 nitrogen and oxygen atoms in total. The van der Waals surface area contributed by atoms with Gasteiger partial charge in [0, 0.05) is 6.54 Å². The van der Waals surface area contributed by atoms with Gasteiger partial charge in [-0.3, -0.25) is 4.57 Å². The van der Waals surface area contributed by atoms with Crippen molar-refractivity contribution in [1.82, 2.24) is 19.5 Å². The van der Waals surface area contributed by atoms with E-state index in [0.717, 1.165) is 17.5 Å². The van der Waals surface area contributed by atoms with Gasteiger partial charge in [-0.25, -0.2) is 15.0 Å². The van der Waals surface area contributed by atoms with E-state index < -0.39 is 36.7 Å². The van der Waals surface area contributed by atoms with Crippen molar-refractivity contribution < 1.29 is 25.2 Å². The molecule has 1 saturated heterocycles. The van der Waals surface area contributed by atoms with Gasteiger partial charge in [-0.05, 0) is 24.0 Å². The van der Waals surface area contributed by atoms with Crippen LogP contribution < -0.4 is 5.32 Å². The van der Waals surface area contributed by atoms with Crippen molar-refractivity contribution in [2.75, 3.05) is 18.5 Å². The molecule has 5 atom stereocenters. The summed E-state index contributed by atoms with van der Waals surface area (Å²) < 4.78 is 7.08. The minimum atomic E-state index is -1.23. The average molecular weight is 413 g/mol. The molecule has 0 radical (unpaired) electrons. The SMILES string of the molecule is OCC1OC(n2cnc3c(NCC4(O)CCc5ccccc54)ncnc32)C(O)C1O. The number of hydrogen-bond acceptors (Lipinski definition) is 9. The van der Waals surface area contributed by atoms with Crippen molar-refractivity contribution in [2.24, 2.45) is 0 Å². The van der Waals surface area contributed by atoms with Crippen molar-refractivity contribution in [3.63, 3.8) is 0 Å². The monoisotopic (exact) mass is 413 g/mol. The van der Waals surface area contributed by atoms with E-state index in [9.17, 15) is 20.4 Å². The highest BCUT2D eigenvalue weighted by Gasteiger charge is 2.44. The second-order valence-electron chi connectivity index (χ2n) is 7.82. The Kier molecular flexibility index (Phi) is 4.68. The van der Waals surface area contributed by atoms with Crippen LogP contribution in [-0.4, -0.2) is 71.4 Å². The standard InChI is InChI=1S/C20H23N5O5/c26-7-13-15(27)16(28)19(30-13)25-10-24-14-17(22-9-23-18(14)25)21-8-20(29)6-5-11-3-1-2-4-12(11)20/h1-4,9-10,13,15-16,19,26-29H,5-8H2,(H,21,22,23). The maximum Gasteiger partial charge on any atom is 0.167 e. The first-order chi connectivity index (χ1) is 14.5. The third kappa shape index (κ3) is 2.96. The van der Waals surface area contributed by atoms with E-state index >= 15 is 0 Å². The molecule has 0 amide bonds. The molecule has 2 aromatic heterocycles. The number of fused-ring (bicyclic) bond motifs is 2. The van der Waals surface area contributed by atoms with Crippen LogP contribution in [0.3, 0.4) is 0 Å². The molecule has 0 spiro atoms. The Balaban J connectivity index is 1.41. The van der Waals surface area contributed by atoms with Crippen LogP contribution in [0.25, 0.3) is 11.2 Å². The van der Waals surface area contributed by atoms with Gasteiger partial charge >= 0.3 is 0 Å². The number of benzene rings is 1. The number of aliphatic hydroxyl groups excluding tert-OH is 3. The normalized spacial score (nSPS) is 30.7. The summed E-state index contributed by atoms with van der Waals surface area (Å²) in [6.07, 6.45) is -0.0382. The van der Waals surface area contributed by atoms with E-state index in [1.54, 1.807) is 0 Å². The smallest absolute Gasteiger partial charge is 0.167 e. The highest BCUT2D eigenvalue weighted by Crippen LogP contribution is 2.37. The van der Waals surface area contributed by atoms with E-state index in [2.05, 4.69) is 20.3 Å². The minimum absolute atomic E-state index is 0.261.